The maximum Gasteiger partial charge on any atom is 0.248 e. The first-order valence-corrected chi connectivity index (χ1v) is 2.87. The molecule has 0 radical (unpaired) electrons. The molecule has 1 unspecified atom stereocenters. The maximum atomic E-state index is 10.5. The molecule has 0 rings (SSSR count). The van der Waals surface area contributed by atoms with E-state index in [0.717, 1.165) is 6.20 Å². The van der Waals surface area contributed by atoms with E-state index in [4.69, 9.17) is 16.2 Å². The van der Waals surface area contributed by atoms with Gasteiger partial charge in [-0.05, 0) is 6.92 Å². The van der Waals surface area contributed by atoms with Crippen LogP contribution in [-0.4, -0.2) is 19.1 Å². The largest absolute Gasteiger partial charge is 0.404 e. The number of hydrogen-bond donors (Lipinski definition) is 2. The summed E-state index contributed by atoms with van der Waals surface area (Å²) < 4.78 is 4.82. The van der Waals surface area contributed by atoms with Gasteiger partial charge >= 0.3 is 0 Å². The lowest BCUT2D eigenvalue weighted by atomic mass is 10.2. The second-order valence-electron chi connectivity index (χ2n) is 1.86. The van der Waals surface area contributed by atoms with Gasteiger partial charge in [-0.25, -0.2) is 0 Å². The topological polar surface area (TPSA) is 78.3 Å². The Morgan fingerprint density at radius 2 is 2.20 bits per heavy atom. The monoisotopic (exact) mass is 144 g/mol. The molecule has 0 aliphatic carbocycles. The third kappa shape index (κ3) is 2.06. The fraction of sp³-hybridized carbons (Fsp3) is 0.500. The summed E-state index contributed by atoms with van der Waals surface area (Å²) >= 11 is 0. The van der Waals surface area contributed by atoms with Crippen LogP contribution in [0.15, 0.2) is 11.8 Å². The number of hydrogen-bond acceptors (Lipinski definition) is 3. The highest BCUT2D eigenvalue weighted by Crippen LogP contribution is 2.01. The summed E-state index contributed by atoms with van der Waals surface area (Å²) in [5, 5.41) is 0. The van der Waals surface area contributed by atoms with E-state index in [1.807, 2.05) is 0 Å². The summed E-state index contributed by atoms with van der Waals surface area (Å²) in [6.45, 7) is 1.70. The van der Waals surface area contributed by atoms with Crippen molar-refractivity contribution in [3.63, 3.8) is 0 Å². The molecule has 0 aromatic carbocycles. The molecule has 1 atom stereocenters. The lowest BCUT2D eigenvalue weighted by molar-refractivity contribution is -0.115. The first kappa shape index (κ1) is 8.97. The SMILES string of the molecule is COC(C)/C(=C/N)C(N)=O. The molecule has 0 saturated heterocycles. The molecule has 0 aliphatic rings. The number of ether oxygens (including phenoxy) is 1. The molecule has 58 valence electrons. The van der Waals surface area contributed by atoms with Crippen molar-refractivity contribution in [2.75, 3.05) is 7.11 Å². The van der Waals surface area contributed by atoms with Crippen LogP contribution >= 0.6 is 0 Å². The van der Waals surface area contributed by atoms with Crippen molar-refractivity contribution < 1.29 is 9.53 Å². The number of methoxy groups -OCH3 is 1. The Morgan fingerprint density at radius 3 is 2.30 bits per heavy atom. The zero-order valence-electron chi connectivity index (χ0n) is 6.13. The minimum Gasteiger partial charge on any atom is -0.404 e. The predicted molar refractivity (Wildman–Crippen MR) is 37.9 cm³/mol. The molecule has 0 saturated carbocycles. The van der Waals surface area contributed by atoms with E-state index in [1.54, 1.807) is 6.92 Å². The average Bonchev–Trinajstić information content (AvgIpc) is 1.88. The second-order valence-corrected chi connectivity index (χ2v) is 1.86. The molecule has 0 aromatic heterocycles. The normalized spacial score (nSPS) is 14.8. The van der Waals surface area contributed by atoms with Crippen LogP contribution in [0.1, 0.15) is 6.92 Å². The van der Waals surface area contributed by atoms with Gasteiger partial charge in [-0.1, -0.05) is 0 Å². The van der Waals surface area contributed by atoms with E-state index in [9.17, 15) is 4.79 Å². The number of rotatable bonds is 3. The first-order valence-electron chi connectivity index (χ1n) is 2.87. The highest BCUT2D eigenvalue weighted by molar-refractivity contribution is 5.92. The van der Waals surface area contributed by atoms with Crippen LogP contribution in [-0.2, 0) is 9.53 Å². The van der Waals surface area contributed by atoms with Crippen LogP contribution in [0.25, 0.3) is 0 Å². The molecule has 10 heavy (non-hydrogen) atoms. The second kappa shape index (κ2) is 3.90. The Hall–Kier alpha value is -1.03. The summed E-state index contributed by atoms with van der Waals surface area (Å²) in [5.74, 6) is -0.545. The van der Waals surface area contributed by atoms with Crippen molar-refractivity contribution in [1.29, 1.82) is 0 Å². The zero-order chi connectivity index (χ0) is 8.15. The summed E-state index contributed by atoms with van der Waals surface area (Å²) in [4.78, 5) is 10.5. The Balaban J connectivity index is 4.23. The van der Waals surface area contributed by atoms with Crippen molar-refractivity contribution in [1.82, 2.24) is 0 Å². The molecule has 4 heteroatoms. The lowest BCUT2D eigenvalue weighted by Crippen LogP contribution is -2.24. The quantitative estimate of drug-likeness (QED) is 0.516. The molecule has 4 nitrogen and oxygen atoms in total. The fourth-order valence-electron chi connectivity index (χ4n) is 0.545. The third-order valence-corrected chi connectivity index (χ3v) is 1.26. The minimum atomic E-state index is -0.545. The molecule has 0 heterocycles. The number of amides is 1. The van der Waals surface area contributed by atoms with Gasteiger partial charge < -0.3 is 16.2 Å². The number of carbonyl (C=O) groups is 1. The summed E-state index contributed by atoms with van der Waals surface area (Å²) in [6, 6.07) is 0. The Labute approximate surface area is 59.8 Å². The fourth-order valence-corrected chi connectivity index (χ4v) is 0.545. The van der Waals surface area contributed by atoms with Crippen LogP contribution in [0.3, 0.4) is 0 Å². The third-order valence-electron chi connectivity index (χ3n) is 1.26. The molecular weight excluding hydrogens is 132 g/mol. The van der Waals surface area contributed by atoms with Crippen LogP contribution in [0, 0.1) is 0 Å². The van der Waals surface area contributed by atoms with E-state index >= 15 is 0 Å². The predicted octanol–water partition coefficient (Wildman–Crippen LogP) is -0.651. The highest BCUT2D eigenvalue weighted by Gasteiger charge is 2.11. The Kier molecular flexibility index (Phi) is 3.49. The summed E-state index contributed by atoms with van der Waals surface area (Å²) in [7, 11) is 1.48. The van der Waals surface area contributed by atoms with Crippen molar-refractivity contribution in [2.24, 2.45) is 11.5 Å². The molecular formula is C6H12N2O2. The van der Waals surface area contributed by atoms with Gasteiger partial charge in [-0.15, -0.1) is 0 Å². The maximum absolute atomic E-state index is 10.5. The molecule has 4 N–H and O–H groups in total. The summed E-state index contributed by atoms with van der Waals surface area (Å²) in [5.41, 5.74) is 10.4. The van der Waals surface area contributed by atoms with E-state index in [2.05, 4.69) is 0 Å². The van der Waals surface area contributed by atoms with Gasteiger partial charge in [0.1, 0.15) is 0 Å². The van der Waals surface area contributed by atoms with Crippen molar-refractivity contribution in [3.05, 3.63) is 11.8 Å². The molecule has 1 amide bonds. The van der Waals surface area contributed by atoms with Gasteiger partial charge in [0.05, 0.1) is 11.7 Å². The van der Waals surface area contributed by atoms with Gasteiger partial charge in [-0.2, -0.15) is 0 Å². The molecule has 0 aliphatic heterocycles. The van der Waals surface area contributed by atoms with Crippen molar-refractivity contribution >= 4 is 5.91 Å². The Morgan fingerprint density at radius 1 is 1.70 bits per heavy atom. The van der Waals surface area contributed by atoms with Gasteiger partial charge in [0, 0.05) is 13.3 Å². The van der Waals surface area contributed by atoms with E-state index in [0.29, 0.717) is 5.57 Å². The van der Waals surface area contributed by atoms with Crippen LogP contribution in [0.5, 0.6) is 0 Å². The van der Waals surface area contributed by atoms with Crippen LogP contribution in [0.2, 0.25) is 0 Å². The lowest BCUT2D eigenvalue weighted by Gasteiger charge is -2.09. The number of nitrogens with two attached hydrogens (primary N) is 2. The van der Waals surface area contributed by atoms with Gasteiger partial charge in [-0.3, -0.25) is 4.79 Å². The minimum absolute atomic E-state index is 0.294. The highest BCUT2D eigenvalue weighted by atomic mass is 16.5. The van der Waals surface area contributed by atoms with Crippen molar-refractivity contribution in [2.45, 2.75) is 13.0 Å². The van der Waals surface area contributed by atoms with Crippen molar-refractivity contribution in [3.8, 4) is 0 Å². The van der Waals surface area contributed by atoms with E-state index in [1.165, 1.54) is 7.11 Å². The van der Waals surface area contributed by atoms with Gasteiger partial charge in [0.15, 0.2) is 0 Å². The van der Waals surface area contributed by atoms with Gasteiger partial charge in [0.2, 0.25) is 5.91 Å². The molecule has 0 spiro atoms. The number of carbonyl (C=O) groups excluding carboxylic acids is 1. The smallest absolute Gasteiger partial charge is 0.248 e. The molecule has 0 fully saturated rings. The summed E-state index contributed by atoms with van der Waals surface area (Å²) in [6.07, 6.45) is 0.832. The molecule has 0 bridgehead atoms. The van der Waals surface area contributed by atoms with E-state index in [-0.39, 0.29) is 6.10 Å². The van der Waals surface area contributed by atoms with Crippen LogP contribution in [0.4, 0.5) is 0 Å². The van der Waals surface area contributed by atoms with E-state index < -0.39 is 5.91 Å². The molecule has 0 aromatic rings. The average molecular weight is 144 g/mol. The Bertz CT molecular complexity index is 154. The number of primary amides is 1. The standard InChI is InChI=1S/C6H12N2O2/c1-4(10-2)5(3-7)6(8)9/h3-4H,7H2,1-2H3,(H2,8,9)/b5-3-. The zero-order valence-corrected chi connectivity index (χ0v) is 6.13. The van der Waals surface area contributed by atoms with Gasteiger partial charge in [0.25, 0.3) is 0 Å². The first-order chi connectivity index (χ1) is 4.63. The van der Waals surface area contributed by atoms with Crippen LogP contribution < -0.4 is 11.5 Å².